The van der Waals surface area contributed by atoms with E-state index in [1.165, 1.54) is 83.2 Å². The molecule has 8 rings (SSSR count). The largest absolute Gasteiger partial charge is 0.457 e. The van der Waals surface area contributed by atoms with Gasteiger partial charge in [0.2, 0.25) is 0 Å². The minimum absolute atomic E-state index is 0.895. The molecule has 4 aliphatic heterocycles. The molecule has 13 nitrogen and oxygen atoms in total. The average molecular weight is 1320 g/mol. The Labute approximate surface area is 505 Å². The van der Waals surface area contributed by atoms with Gasteiger partial charge in [0, 0.05) is 13.2 Å². The van der Waals surface area contributed by atoms with Crippen LogP contribution < -0.4 is 4.74 Å². The van der Waals surface area contributed by atoms with Crippen molar-refractivity contribution in [3.05, 3.63) is 130 Å². The van der Waals surface area contributed by atoms with Crippen LogP contribution in [0.25, 0.3) is 0 Å². The van der Waals surface area contributed by atoms with Gasteiger partial charge in [-0.05, 0) is 250 Å². The summed E-state index contributed by atoms with van der Waals surface area (Å²) in [5, 5.41) is 0. The van der Waals surface area contributed by atoms with Crippen LogP contribution in [0.15, 0.2) is 97.1 Å². The third-order valence-electron chi connectivity index (χ3n) is 15.7. The highest BCUT2D eigenvalue weighted by Gasteiger charge is 2.45. The Hall–Kier alpha value is -1.20. The van der Waals surface area contributed by atoms with Crippen molar-refractivity contribution >= 4 is 107 Å². The van der Waals surface area contributed by atoms with Crippen LogP contribution in [0, 0.1) is 0 Å². The van der Waals surface area contributed by atoms with Crippen LogP contribution >= 0.6 is 0 Å². The summed E-state index contributed by atoms with van der Waals surface area (Å²) in [6, 6.07) is 42.3. The van der Waals surface area contributed by atoms with Crippen molar-refractivity contribution < 1.29 is 54.7 Å². The van der Waals surface area contributed by atoms with Gasteiger partial charge in [-0.15, -0.1) is 0 Å². The lowest BCUT2D eigenvalue weighted by Gasteiger charge is -2.41. The van der Waals surface area contributed by atoms with Gasteiger partial charge in [-0.1, -0.05) is 72.8 Å². The van der Waals surface area contributed by atoms with Gasteiger partial charge >= 0.3 is 44.3 Å². The van der Waals surface area contributed by atoms with E-state index >= 15 is 0 Å². The Kier molecular flexibility index (Phi) is 26.7. The van der Waals surface area contributed by atoms with Gasteiger partial charge in [-0.3, -0.25) is 0 Å². The first kappa shape index (κ1) is 67.3. The number of hydrogen-bond donors (Lipinski definition) is 0. The minimum atomic E-state index is -2.32. The van der Waals surface area contributed by atoms with Crippen molar-refractivity contribution in [2.24, 2.45) is 0 Å². The number of hydrogen-bond acceptors (Lipinski definition) is 13. The number of ether oxygens (including phenoxy) is 1. The fraction of sp³-hybridized carbons (Fsp3) is 0.571. The lowest BCUT2D eigenvalue weighted by molar-refractivity contribution is 0.259. The lowest BCUT2D eigenvalue weighted by atomic mass is 10.0. The smallest absolute Gasteiger partial charge is 0.317 e. The molecule has 0 aliphatic carbocycles. The van der Waals surface area contributed by atoms with Crippen LogP contribution in [0.5, 0.6) is 11.5 Å². The van der Waals surface area contributed by atoms with E-state index in [1.54, 1.807) is 0 Å². The number of rotatable bonds is 20. The molecule has 0 N–H and O–H groups in total. The molecule has 4 saturated heterocycles. The zero-order valence-electron chi connectivity index (χ0n) is 51.5. The maximum atomic E-state index is 6.62. The molecule has 4 aromatic rings. The molecule has 4 heterocycles. The molecule has 9 atom stereocenters. The van der Waals surface area contributed by atoms with Crippen LogP contribution in [0.1, 0.15) is 71.9 Å². The SMILES string of the molecule is C[SiH]1OCCC[Si](C)(CCCc2ccc(Oc3ccc(CCC[Si]4(C)CCCO[SiH](C)O4)cc3)cc2)O1.C[SiH]1O[SiH](C)O[Si](C)(CCCc2ccc(Cc3ccc(CCC[Si]4(C)O[SiH](C)O[SiH](C)O[Si](C)(C)O4)cc3)cc2)O[SiH](C)O1. The third-order valence-corrected chi connectivity index (χ3v) is 58.9. The highest BCUT2D eigenvalue weighted by molar-refractivity contribution is 6.86. The zero-order valence-corrected chi connectivity index (χ0v) is 64.6. The summed E-state index contributed by atoms with van der Waals surface area (Å²) in [5.74, 6) is 1.79. The fourth-order valence-electron chi connectivity index (χ4n) is 12.0. The van der Waals surface area contributed by atoms with Crippen LogP contribution in [0.2, 0.25) is 121 Å². The lowest BCUT2D eigenvalue weighted by Crippen LogP contribution is -2.57. The number of benzene rings is 4. The van der Waals surface area contributed by atoms with E-state index in [9.17, 15) is 0 Å². The second-order valence-corrected chi connectivity index (χ2v) is 58.8. The summed E-state index contributed by atoms with van der Waals surface area (Å²) in [7, 11) is -21.1. The molecule has 0 amide bonds. The third kappa shape index (κ3) is 24.1. The monoisotopic (exact) mass is 1320 g/mol. The van der Waals surface area contributed by atoms with E-state index in [2.05, 4.69) is 182 Å². The van der Waals surface area contributed by atoms with Gasteiger partial charge in [0.1, 0.15) is 11.5 Å². The standard InChI is InChI=1S/C28H54O8Si8.C28H46O5Si4/c1-37-29-39(3)33-43(8,34-40(4)30-37)22-10-12-25-14-18-27(19-15-25)24-28-20-16-26(17-21-28)13-11-23-44(9)35-41(5)31-38(2)32-42(6,7)36-44;1-34-29-19-7-23-36(3,32-34)21-5-9-25-11-15-27(16-12-25)31-28-17-13-26(14-18-28)10-6-22-37(4)24-8-20-30-35(2)33-37/h14-21,37-41H,10-13,22-24H2,1-9H3;11-18,34-35H,5-10,19-24H2,1-4H3. The Bertz CT molecular complexity index is 2390. The van der Waals surface area contributed by atoms with Crippen molar-refractivity contribution in [2.45, 2.75) is 192 Å². The first-order valence-corrected chi connectivity index (χ1v) is 58.7. The second-order valence-electron chi connectivity index (χ2n) is 24.3. The molecule has 81 heavy (non-hydrogen) atoms. The van der Waals surface area contributed by atoms with E-state index in [4.69, 9.17) is 54.7 Å². The Morgan fingerprint density at radius 1 is 0.370 bits per heavy atom. The number of aryl methyl sites for hydroxylation is 4. The van der Waals surface area contributed by atoms with Gasteiger partial charge in [0.25, 0.3) is 46.4 Å². The van der Waals surface area contributed by atoms with Crippen molar-refractivity contribution in [1.29, 1.82) is 0 Å². The van der Waals surface area contributed by atoms with Crippen LogP contribution in [-0.4, -0.2) is 121 Å². The molecule has 9 unspecified atom stereocenters. The molecule has 4 fully saturated rings. The van der Waals surface area contributed by atoms with Gasteiger partial charge in [-0.2, -0.15) is 0 Å². The predicted molar refractivity (Wildman–Crippen MR) is 358 cm³/mol. The molecule has 0 radical (unpaired) electrons. The van der Waals surface area contributed by atoms with Crippen molar-refractivity contribution in [1.82, 2.24) is 0 Å². The average Bonchev–Trinajstić information content (AvgIpc) is 3.67. The molecular weight excluding hydrogens is 1220 g/mol. The molecule has 0 saturated carbocycles. The molecule has 450 valence electrons. The Morgan fingerprint density at radius 3 is 1.12 bits per heavy atom. The van der Waals surface area contributed by atoms with E-state index in [1.807, 2.05) is 0 Å². The summed E-state index contributed by atoms with van der Waals surface area (Å²) >= 11 is 0. The van der Waals surface area contributed by atoms with Gasteiger partial charge in [-0.25, -0.2) is 0 Å². The normalized spacial score (nSPS) is 31.2. The van der Waals surface area contributed by atoms with Crippen molar-refractivity contribution in [3.8, 4) is 11.5 Å². The molecule has 0 aromatic heterocycles. The Morgan fingerprint density at radius 2 is 0.704 bits per heavy atom. The molecule has 0 bridgehead atoms. The summed E-state index contributed by atoms with van der Waals surface area (Å²) in [4.78, 5) is 0. The summed E-state index contributed by atoms with van der Waals surface area (Å²) in [5.41, 5.74) is 8.14. The Balaban J connectivity index is 0.000000237. The van der Waals surface area contributed by atoms with E-state index in [-0.39, 0.29) is 0 Å². The fourth-order valence-corrected chi connectivity index (χ4v) is 57.4. The van der Waals surface area contributed by atoms with E-state index < -0.39 is 107 Å². The summed E-state index contributed by atoms with van der Waals surface area (Å²) in [6.45, 7) is 30.1. The first-order valence-electron chi connectivity index (χ1n) is 30.5. The highest BCUT2D eigenvalue weighted by Crippen LogP contribution is 2.31. The molecular formula is C56H100O13Si12. The second kappa shape index (κ2) is 32.2. The summed E-state index contributed by atoms with van der Waals surface area (Å²) in [6.07, 6.45) is 12.0. The minimum Gasteiger partial charge on any atom is -0.457 e. The van der Waals surface area contributed by atoms with Crippen LogP contribution in [0.4, 0.5) is 0 Å². The maximum Gasteiger partial charge on any atom is 0.317 e. The molecule has 4 aliphatic rings. The molecule has 0 spiro atoms. The van der Waals surface area contributed by atoms with Crippen molar-refractivity contribution in [2.75, 3.05) is 13.2 Å². The molecule has 4 aromatic carbocycles. The van der Waals surface area contributed by atoms with E-state index in [0.29, 0.717) is 0 Å². The van der Waals surface area contributed by atoms with Gasteiger partial charge in [0.05, 0.1) is 0 Å². The topological polar surface area (TPSA) is 120 Å². The highest BCUT2D eigenvalue weighted by atomic mass is 28.5. The molecule has 25 heteroatoms. The quantitative estimate of drug-likeness (QED) is 0.0782. The first-order chi connectivity index (χ1) is 38.5. The summed E-state index contributed by atoms with van der Waals surface area (Å²) < 4.78 is 81.1. The maximum absolute atomic E-state index is 6.62. The van der Waals surface area contributed by atoms with Gasteiger partial charge < -0.3 is 54.7 Å². The van der Waals surface area contributed by atoms with Crippen LogP contribution in [-0.2, 0) is 82.1 Å². The van der Waals surface area contributed by atoms with E-state index in [0.717, 1.165) is 81.7 Å². The van der Waals surface area contributed by atoms with Gasteiger partial charge in [0.15, 0.2) is 16.6 Å². The van der Waals surface area contributed by atoms with Crippen LogP contribution in [0.3, 0.4) is 0 Å². The zero-order chi connectivity index (χ0) is 58.1. The predicted octanol–water partition coefficient (Wildman–Crippen LogP) is 12.5. The van der Waals surface area contributed by atoms with Crippen molar-refractivity contribution in [3.63, 3.8) is 0 Å².